The van der Waals surface area contributed by atoms with Crippen LogP contribution in [0.2, 0.25) is 0 Å². The van der Waals surface area contributed by atoms with E-state index in [2.05, 4.69) is 17.9 Å². The molecular weight excluding hydrogens is 187 g/mol. The van der Waals surface area contributed by atoms with Crippen LogP contribution in [0.25, 0.3) is 0 Å². The minimum Gasteiger partial charge on any atom is -0.391 e. The number of alkyl halides is 1. The Hall–Kier alpha value is -1.45. The summed E-state index contributed by atoms with van der Waals surface area (Å²) in [6.45, 7) is 6.66. The fraction of sp³-hybridized carbons (Fsp3) is 0.400. The normalized spacial score (nSPS) is 11.5. The molecule has 4 heteroatoms. The highest BCUT2D eigenvalue weighted by Crippen LogP contribution is 2.03. The van der Waals surface area contributed by atoms with Gasteiger partial charge in [-0.3, -0.25) is 4.79 Å². The van der Waals surface area contributed by atoms with Crippen LogP contribution in [0.1, 0.15) is 19.3 Å². The van der Waals surface area contributed by atoms with Crippen molar-refractivity contribution in [2.45, 2.75) is 25.4 Å². The molecule has 0 aromatic carbocycles. The maximum Gasteiger partial charge on any atom is 0.348 e. The van der Waals surface area contributed by atoms with E-state index in [0.717, 1.165) is 0 Å². The van der Waals surface area contributed by atoms with Crippen molar-refractivity contribution in [2.75, 3.05) is 0 Å². The van der Waals surface area contributed by atoms with Crippen LogP contribution in [-0.2, 0) is 14.3 Å². The van der Waals surface area contributed by atoms with E-state index in [9.17, 15) is 14.0 Å². The number of hydrogen-bond donors (Lipinski definition) is 0. The smallest absolute Gasteiger partial charge is 0.348 e. The lowest BCUT2D eigenvalue weighted by Crippen LogP contribution is -2.21. The van der Waals surface area contributed by atoms with Gasteiger partial charge in [-0.2, -0.15) is 0 Å². The van der Waals surface area contributed by atoms with Gasteiger partial charge in [-0.1, -0.05) is 12.2 Å². The Morgan fingerprint density at radius 1 is 1.36 bits per heavy atom. The fourth-order valence-corrected chi connectivity index (χ4v) is 0.690. The van der Waals surface area contributed by atoms with Gasteiger partial charge in [-0.05, 0) is 6.42 Å². The van der Waals surface area contributed by atoms with Crippen molar-refractivity contribution in [1.82, 2.24) is 0 Å². The molecule has 1 unspecified atom stereocenters. The van der Waals surface area contributed by atoms with E-state index < -0.39 is 18.1 Å². The third-order valence-corrected chi connectivity index (χ3v) is 1.40. The molecule has 0 aromatic rings. The first-order valence-electron chi connectivity index (χ1n) is 4.22. The van der Waals surface area contributed by atoms with E-state index in [1.165, 1.54) is 12.2 Å². The molecule has 0 spiro atoms. The molecular formula is C10H13FO3. The van der Waals surface area contributed by atoms with Crippen molar-refractivity contribution in [3.63, 3.8) is 0 Å². The topological polar surface area (TPSA) is 43.4 Å². The molecule has 0 radical (unpaired) electrons. The maximum absolute atomic E-state index is 12.8. The van der Waals surface area contributed by atoms with E-state index in [4.69, 9.17) is 0 Å². The fourth-order valence-electron chi connectivity index (χ4n) is 0.690. The Balaban J connectivity index is 3.86. The quantitative estimate of drug-likeness (QED) is 0.374. The third-order valence-electron chi connectivity index (χ3n) is 1.40. The molecule has 0 aliphatic carbocycles. The second-order valence-electron chi connectivity index (χ2n) is 2.61. The Morgan fingerprint density at radius 3 is 2.50 bits per heavy atom. The summed E-state index contributed by atoms with van der Waals surface area (Å²) in [7, 11) is 0. The summed E-state index contributed by atoms with van der Waals surface area (Å²) in [4.78, 5) is 21.7. The molecule has 0 aliphatic heterocycles. The van der Waals surface area contributed by atoms with Gasteiger partial charge in [-0.25, -0.2) is 9.18 Å². The molecule has 0 fully saturated rings. The highest BCUT2D eigenvalue weighted by Gasteiger charge is 2.20. The second kappa shape index (κ2) is 7.00. The van der Waals surface area contributed by atoms with Crippen molar-refractivity contribution < 1.29 is 18.7 Å². The van der Waals surface area contributed by atoms with Gasteiger partial charge in [-0.15, -0.1) is 13.2 Å². The summed E-state index contributed by atoms with van der Waals surface area (Å²) in [6, 6.07) is 0. The molecule has 0 saturated heterocycles. The molecule has 78 valence electrons. The first kappa shape index (κ1) is 12.6. The standard InChI is InChI=1S/C10H13FO3/c1-3-5-7-9(12)14-10(13)8(11)6-4-2/h3-4,8H,1-2,5-7H2. The molecule has 1 atom stereocenters. The molecule has 14 heavy (non-hydrogen) atoms. The molecule has 0 heterocycles. The number of carbonyl (C=O) groups is 2. The lowest BCUT2D eigenvalue weighted by Gasteiger charge is -2.04. The van der Waals surface area contributed by atoms with Gasteiger partial charge in [0, 0.05) is 12.8 Å². The van der Waals surface area contributed by atoms with Crippen LogP contribution in [0.4, 0.5) is 4.39 Å². The summed E-state index contributed by atoms with van der Waals surface area (Å²) in [5.74, 6) is -1.89. The average Bonchev–Trinajstić information content (AvgIpc) is 2.15. The van der Waals surface area contributed by atoms with Crippen LogP contribution in [0.5, 0.6) is 0 Å². The Morgan fingerprint density at radius 2 is 2.00 bits per heavy atom. The number of rotatable bonds is 6. The predicted octanol–water partition coefficient (Wildman–Crippen LogP) is 1.94. The van der Waals surface area contributed by atoms with Crippen LogP contribution < -0.4 is 0 Å². The first-order valence-corrected chi connectivity index (χ1v) is 4.22. The van der Waals surface area contributed by atoms with Gasteiger partial charge in [0.1, 0.15) is 0 Å². The van der Waals surface area contributed by atoms with Gasteiger partial charge in [0.25, 0.3) is 0 Å². The van der Waals surface area contributed by atoms with Crippen LogP contribution in [0.3, 0.4) is 0 Å². The van der Waals surface area contributed by atoms with Gasteiger partial charge in [0.15, 0.2) is 0 Å². The van der Waals surface area contributed by atoms with Gasteiger partial charge in [0.05, 0.1) is 0 Å². The van der Waals surface area contributed by atoms with Crippen molar-refractivity contribution >= 4 is 11.9 Å². The molecule has 3 nitrogen and oxygen atoms in total. The zero-order chi connectivity index (χ0) is 11.0. The molecule has 0 bridgehead atoms. The average molecular weight is 200 g/mol. The van der Waals surface area contributed by atoms with Crippen molar-refractivity contribution in [3.8, 4) is 0 Å². The van der Waals surface area contributed by atoms with Gasteiger partial charge < -0.3 is 4.74 Å². The predicted molar refractivity (Wildman–Crippen MR) is 50.2 cm³/mol. The molecule has 0 aromatic heterocycles. The lowest BCUT2D eigenvalue weighted by atomic mass is 10.3. The number of hydrogen-bond acceptors (Lipinski definition) is 3. The van der Waals surface area contributed by atoms with Crippen LogP contribution in [0.15, 0.2) is 25.3 Å². The zero-order valence-corrected chi connectivity index (χ0v) is 7.87. The number of allylic oxidation sites excluding steroid dienone is 2. The molecule has 0 N–H and O–H groups in total. The summed E-state index contributed by atoms with van der Waals surface area (Å²) >= 11 is 0. The van der Waals surface area contributed by atoms with Gasteiger partial charge in [0.2, 0.25) is 6.17 Å². The van der Waals surface area contributed by atoms with Crippen molar-refractivity contribution in [2.24, 2.45) is 0 Å². The van der Waals surface area contributed by atoms with Gasteiger partial charge >= 0.3 is 11.9 Å². The summed E-state index contributed by atoms with van der Waals surface area (Å²) in [6.07, 6.45) is 1.26. The molecule has 0 rings (SSSR count). The summed E-state index contributed by atoms with van der Waals surface area (Å²) in [5.41, 5.74) is 0. The van der Waals surface area contributed by atoms with E-state index in [1.54, 1.807) is 0 Å². The highest BCUT2D eigenvalue weighted by molar-refractivity contribution is 5.87. The highest BCUT2D eigenvalue weighted by atomic mass is 19.1. The molecule has 0 amide bonds. The Kier molecular flexibility index (Phi) is 6.28. The monoisotopic (exact) mass is 200 g/mol. The maximum atomic E-state index is 12.8. The van der Waals surface area contributed by atoms with E-state index in [0.29, 0.717) is 6.42 Å². The summed E-state index contributed by atoms with van der Waals surface area (Å²) < 4.78 is 17.0. The van der Waals surface area contributed by atoms with Crippen molar-refractivity contribution in [3.05, 3.63) is 25.3 Å². The number of carbonyl (C=O) groups excluding carboxylic acids is 2. The number of halogens is 1. The summed E-state index contributed by atoms with van der Waals surface area (Å²) in [5, 5.41) is 0. The van der Waals surface area contributed by atoms with Crippen LogP contribution >= 0.6 is 0 Å². The van der Waals surface area contributed by atoms with E-state index in [1.807, 2.05) is 0 Å². The number of ether oxygens (including phenoxy) is 1. The molecule has 0 saturated carbocycles. The largest absolute Gasteiger partial charge is 0.391 e. The Labute approximate surface area is 82.2 Å². The molecule has 0 aliphatic rings. The first-order chi connectivity index (χ1) is 6.61. The third kappa shape index (κ3) is 5.24. The lowest BCUT2D eigenvalue weighted by molar-refractivity contribution is -0.163. The van der Waals surface area contributed by atoms with E-state index in [-0.39, 0.29) is 12.8 Å². The SMILES string of the molecule is C=CCCC(=O)OC(=O)C(F)CC=C. The van der Waals surface area contributed by atoms with Crippen LogP contribution in [-0.4, -0.2) is 18.1 Å². The Bertz CT molecular complexity index is 236. The minimum atomic E-state index is -1.81. The van der Waals surface area contributed by atoms with Crippen molar-refractivity contribution in [1.29, 1.82) is 0 Å². The number of esters is 2. The van der Waals surface area contributed by atoms with Crippen LogP contribution in [0, 0.1) is 0 Å². The zero-order valence-electron chi connectivity index (χ0n) is 7.87. The van der Waals surface area contributed by atoms with E-state index >= 15 is 0 Å². The second-order valence-corrected chi connectivity index (χ2v) is 2.61. The minimum absolute atomic E-state index is 0.0377.